The van der Waals surface area contributed by atoms with Gasteiger partial charge in [0, 0.05) is 7.05 Å². The molecular formula is C14H21N3. The first-order chi connectivity index (χ1) is 8.17. The lowest BCUT2D eigenvalue weighted by atomic mass is 10.1. The van der Waals surface area contributed by atoms with Crippen LogP contribution in [-0.4, -0.2) is 15.0 Å². The maximum absolute atomic E-state index is 3.68. The zero-order valence-electron chi connectivity index (χ0n) is 11.1. The molecule has 1 aromatic heterocycles. The van der Waals surface area contributed by atoms with Crippen LogP contribution in [0.2, 0.25) is 0 Å². The topological polar surface area (TPSA) is 30.7 Å². The van der Waals surface area contributed by atoms with Crippen LogP contribution in [0, 0.1) is 6.92 Å². The number of rotatable bonds is 2. The Labute approximate surface area is 103 Å². The molecule has 0 N–H and O–H groups in total. The van der Waals surface area contributed by atoms with Crippen molar-refractivity contribution in [3.63, 3.8) is 0 Å². The van der Waals surface area contributed by atoms with Crippen molar-refractivity contribution in [1.29, 1.82) is 0 Å². The van der Waals surface area contributed by atoms with E-state index in [4.69, 9.17) is 0 Å². The van der Waals surface area contributed by atoms with Gasteiger partial charge in [0.15, 0.2) is 0 Å². The standard InChI is InChI=1S/C10H14.C4H7N3/c1-3-9-5-7-10(4-2)8-6-9;1-4-3-5-6-7(4)2/h5-8H,3-4H2,1-2H3;3H,1-2H3. The molecule has 0 amide bonds. The van der Waals surface area contributed by atoms with Crippen LogP contribution in [-0.2, 0) is 19.9 Å². The first-order valence-electron chi connectivity index (χ1n) is 6.06. The summed E-state index contributed by atoms with van der Waals surface area (Å²) in [6.07, 6.45) is 4.01. The number of benzene rings is 1. The highest BCUT2D eigenvalue weighted by molar-refractivity contribution is 5.22. The molecule has 0 bridgehead atoms. The first kappa shape index (κ1) is 13.4. The second-order valence-corrected chi connectivity index (χ2v) is 4.02. The summed E-state index contributed by atoms with van der Waals surface area (Å²) < 4.78 is 1.72. The Bertz CT molecular complexity index is 389. The predicted molar refractivity (Wildman–Crippen MR) is 70.9 cm³/mol. The van der Waals surface area contributed by atoms with Gasteiger partial charge < -0.3 is 0 Å². The molecule has 0 unspecified atom stereocenters. The molecule has 3 heteroatoms. The molecule has 0 aliphatic rings. The monoisotopic (exact) mass is 231 g/mol. The van der Waals surface area contributed by atoms with Crippen LogP contribution in [0.1, 0.15) is 30.7 Å². The van der Waals surface area contributed by atoms with Crippen molar-refractivity contribution in [3.05, 3.63) is 47.3 Å². The van der Waals surface area contributed by atoms with E-state index in [0.717, 1.165) is 18.5 Å². The van der Waals surface area contributed by atoms with E-state index < -0.39 is 0 Å². The van der Waals surface area contributed by atoms with E-state index in [1.54, 1.807) is 10.9 Å². The average Bonchev–Trinajstić information content (AvgIpc) is 2.75. The molecule has 1 heterocycles. The van der Waals surface area contributed by atoms with Crippen LogP contribution in [0.15, 0.2) is 30.5 Å². The lowest BCUT2D eigenvalue weighted by Crippen LogP contribution is -1.91. The summed E-state index contributed by atoms with van der Waals surface area (Å²) in [6.45, 7) is 6.32. The van der Waals surface area contributed by atoms with Crippen molar-refractivity contribution in [2.45, 2.75) is 33.6 Å². The molecule has 0 spiro atoms. The van der Waals surface area contributed by atoms with Gasteiger partial charge in [-0.1, -0.05) is 43.3 Å². The molecule has 2 rings (SSSR count). The molecular weight excluding hydrogens is 210 g/mol. The molecule has 0 saturated heterocycles. The van der Waals surface area contributed by atoms with Gasteiger partial charge in [-0.15, -0.1) is 5.10 Å². The quantitative estimate of drug-likeness (QED) is 0.795. The Morgan fingerprint density at radius 2 is 1.47 bits per heavy atom. The number of hydrogen-bond donors (Lipinski definition) is 0. The van der Waals surface area contributed by atoms with Gasteiger partial charge in [-0.05, 0) is 30.9 Å². The summed E-state index contributed by atoms with van der Waals surface area (Å²) in [5.41, 5.74) is 3.94. The van der Waals surface area contributed by atoms with E-state index in [2.05, 4.69) is 48.4 Å². The third-order valence-electron chi connectivity index (χ3n) is 2.78. The number of hydrogen-bond acceptors (Lipinski definition) is 2. The van der Waals surface area contributed by atoms with Crippen molar-refractivity contribution < 1.29 is 0 Å². The minimum Gasteiger partial charge on any atom is -0.253 e. The third-order valence-corrected chi connectivity index (χ3v) is 2.78. The largest absolute Gasteiger partial charge is 0.253 e. The van der Waals surface area contributed by atoms with Crippen molar-refractivity contribution in [2.75, 3.05) is 0 Å². The van der Waals surface area contributed by atoms with Gasteiger partial charge >= 0.3 is 0 Å². The van der Waals surface area contributed by atoms with E-state index in [0.29, 0.717) is 0 Å². The number of aromatic nitrogens is 3. The molecule has 0 atom stereocenters. The molecule has 0 aliphatic heterocycles. The normalized spacial score (nSPS) is 9.65. The Hall–Kier alpha value is -1.64. The van der Waals surface area contributed by atoms with Gasteiger partial charge in [0.25, 0.3) is 0 Å². The van der Waals surface area contributed by atoms with E-state index in [1.165, 1.54) is 11.1 Å². The van der Waals surface area contributed by atoms with Gasteiger partial charge in [0.1, 0.15) is 0 Å². The number of aryl methyl sites for hydroxylation is 4. The Kier molecular flexibility index (Phi) is 5.40. The highest BCUT2D eigenvalue weighted by Gasteiger charge is 1.88. The van der Waals surface area contributed by atoms with E-state index in [1.807, 2.05) is 14.0 Å². The molecule has 0 saturated carbocycles. The van der Waals surface area contributed by atoms with Crippen LogP contribution in [0.25, 0.3) is 0 Å². The fourth-order valence-corrected chi connectivity index (χ4v) is 1.35. The molecule has 0 aliphatic carbocycles. The summed E-state index contributed by atoms with van der Waals surface area (Å²) in [6, 6.07) is 8.83. The SMILES string of the molecule is CCc1ccc(CC)cc1.Cc1cnnn1C. The maximum atomic E-state index is 3.68. The minimum atomic E-state index is 1.08. The summed E-state index contributed by atoms with van der Waals surface area (Å²) in [7, 11) is 1.86. The first-order valence-corrected chi connectivity index (χ1v) is 6.06. The minimum absolute atomic E-state index is 1.08. The van der Waals surface area contributed by atoms with Crippen LogP contribution in [0.3, 0.4) is 0 Å². The molecule has 0 radical (unpaired) electrons. The summed E-state index contributed by atoms with van der Waals surface area (Å²) in [4.78, 5) is 0. The Balaban J connectivity index is 0.000000181. The fraction of sp³-hybridized carbons (Fsp3) is 0.429. The van der Waals surface area contributed by atoms with Gasteiger partial charge in [0.2, 0.25) is 0 Å². The molecule has 3 nitrogen and oxygen atoms in total. The zero-order chi connectivity index (χ0) is 12.7. The van der Waals surface area contributed by atoms with E-state index >= 15 is 0 Å². The third kappa shape index (κ3) is 4.39. The highest BCUT2D eigenvalue weighted by Crippen LogP contribution is 2.04. The average molecular weight is 231 g/mol. The Morgan fingerprint density at radius 3 is 1.65 bits per heavy atom. The Morgan fingerprint density at radius 1 is 1.00 bits per heavy atom. The van der Waals surface area contributed by atoms with E-state index in [-0.39, 0.29) is 0 Å². The molecule has 0 fully saturated rings. The molecule has 1 aromatic carbocycles. The molecule has 92 valence electrons. The summed E-state index contributed by atoms with van der Waals surface area (Å²) >= 11 is 0. The van der Waals surface area contributed by atoms with Crippen molar-refractivity contribution in [2.24, 2.45) is 7.05 Å². The zero-order valence-corrected chi connectivity index (χ0v) is 11.1. The number of nitrogens with zero attached hydrogens (tertiary/aromatic N) is 3. The van der Waals surface area contributed by atoms with Crippen LogP contribution >= 0.6 is 0 Å². The second kappa shape index (κ2) is 6.84. The highest BCUT2D eigenvalue weighted by atomic mass is 15.4. The summed E-state index contributed by atoms with van der Waals surface area (Å²) in [5, 5.41) is 7.32. The van der Waals surface area contributed by atoms with Crippen LogP contribution < -0.4 is 0 Å². The second-order valence-electron chi connectivity index (χ2n) is 4.02. The molecule has 17 heavy (non-hydrogen) atoms. The lowest BCUT2D eigenvalue weighted by molar-refractivity contribution is 0.696. The van der Waals surface area contributed by atoms with Gasteiger partial charge in [-0.2, -0.15) is 0 Å². The van der Waals surface area contributed by atoms with Crippen molar-refractivity contribution >= 4 is 0 Å². The molecule has 2 aromatic rings. The predicted octanol–water partition coefficient (Wildman–Crippen LogP) is 2.93. The van der Waals surface area contributed by atoms with Gasteiger partial charge in [0.05, 0.1) is 11.9 Å². The maximum Gasteiger partial charge on any atom is 0.0722 e. The van der Waals surface area contributed by atoms with Crippen molar-refractivity contribution in [3.8, 4) is 0 Å². The summed E-state index contributed by atoms with van der Waals surface area (Å²) in [5.74, 6) is 0. The van der Waals surface area contributed by atoms with Crippen LogP contribution in [0.5, 0.6) is 0 Å². The fourth-order valence-electron chi connectivity index (χ4n) is 1.35. The van der Waals surface area contributed by atoms with Crippen molar-refractivity contribution in [1.82, 2.24) is 15.0 Å². The van der Waals surface area contributed by atoms with E-state index in [9.17, 15) is 0 Å². The van der Waals surface area contributed by atoms with Crippen LogP contribution in [0.4, 0.5) is 0 Å². The van der Waals surface area contributed by atoms with Gasteiger partial charge in [-0.25, -0.2) is 0 Å². The van der Waals surface area contributed by atoms with Gasteiger partial charge in [-0.3, -0.25) is 4.68 Å². The lowest BCUT2D eigenvalue weighted by Gasteiger charge is -1.97. The smallest absolute Gasteiger partial charge is 0.0722 e.